The lowest BCUT2D eigenvalue weighted by molar-refractivity contribution is -0.144. The summed E-state index contributed by atoms with van der Waals surface area (Å²) in [7, 11) is 0. The zero-order valence-electron chi connectivity index (χ0n) is 6.86. The summed E-state index contributed by atoms with van der Waals surface area (Å²) < 4.78 is 0. The Kier molecular flexibility index (Phi) is 3.01. The van der Waals surface area contributed by atoms with Crippen LogP contribution < -0.4 is 0 Å². The Balaban J connectivity index is 2.44. The largest absolute Gasteiger partial charge is 0.481 e. The second-order valence-corrected chi connectivity index (χ2v) is 3.81. The average molecular weight is 190 g/mol. The molecule has 0 saturated heterocycles. The molecule has 4 heteroatoms. The molecule has 0 atom stereocenters. The van der Waals surface area contributed by atoms with Gasteiger partial charge in [-0.2, -0.15) is 12.6 Å². The van der Waals surface area contributed by atoms with Gasteiger partial charge in [-0.1, -0.05) is 0 Å². The van der Waals surface area contributed by atoms with E-state index in [2.05, 4.69) is 12.6 Å². The standard InChI is InChI=1S/C8H14O3S/c9-7(10)6-1-3-8(11,5-12)4-2-6/h6,11-12H,1-5H2,(H,9,10). The summed E-state index contributed by atoms with van der Waals surface area (Å²) >= 11 is 4.03. The zero-order valence-corrected chi connectivity index (χ0v) is 7.76. The number of hydrogen-bond acceptors (Lipinski definition) is 3. The van der Waals surface area contributed by atoms with Crippen molar-refractivity contribution < 1.29 is 15.0 Å². The van der Waals surface area contributed by atoms with Gasteiger partial charge in [0, 0.05) is 5.75 Å². The van der Waals surface area contributed by atoms with Crippen molar-refractivity contribution in [3.63, 3.8) is 0 Å². The molecule has 0 aliphatic heterocycles. The van der Waals surface area contributed by atoms with Crippen LogP contribution in [0.4, 0.5) is 0 Å². The number of hydrogen-bond donors (Lipinski definition) is 3. The molecule has 0 unspecified atom stereocenters. The Morgan fingerprint density at radius 2 is 2.00 bits per heavy atom. The van der Waals surface area contributed by atoms with Crippen LogP contribution in [0.2, 0.25) is 0 Å². The molecule has 3 nitrogen and oxygen atoms in total. The topological polar surface area (TPSA) is 57.5 Å². The molecule has 12 heavy (non-hydrogen) atoms. The number of aliphatic carboxylic acids is 1. The van der Waals surface area contributed by atoms with Crippen LogP contribution in [0.5, 0.6) is 0 Å². The summed E-state index contributed by atoms with van der Waals surface area (Å²) in [6.45, 7) is 0. The lowest BCUT2D eigenvalue weighted by Gasteiger charge is -2.33. The summed E-state index contributed by atoms with van der Waals surface area (Å²) in [5, 5.41) is 18.4. The monoisotopic (exact) mass is 190 g/mol. The molecule has 70 valence electrons. The quantitative estimate of drug-likeness (QED) is 0.568. The molecule has 1 aliphatic carbocycles. The number of carbonyl (C=O) groups is 1. The van der Waals surface area contributed by atoms with E-state index in [4.69, 9.17) is 5.11 Å². The highest BCUT2D eigenvalue weighted by molar-refractivity contribution is 7.80. The maximum atomic E-state index is 10.6. The fraction of sp³-hybridized carbons (Fsp3) is 0.875. The lowest BCUT2D eigenvalue weighted by Crippen LogP contribution is -2.37. The average Bonchev–Trinajstić information content (AvgIpc) is 2.05. The predicted molar refractivity (Wildman–Crippen MR) is 48.4 cm³/mol. The van der Waals surface area contributed by atoms with Crippen LogP contribution in [0.15, 0.2) is 0 Å². The number of carboxylic acids is 1. The smallest absolute Gasteiger partial charge is 0.306 e. The van der Waals surface area contributed by atoms with Gasteiger partial charge in [-0.05, 0) is 25.7 Å². The maximum Gasteiger partial charge on any atom is 0.306 e. The second-order valence-electron chi connectivity index (χ2n) is 3.49. The van der Waals surface area contributed by atoms with Crippen molar-refractivity contribution in [2.24, 2.45) is 5.92 Å². The molecule has 1 aliphatic rings. The van der Waals surface area contributed by atoms with Crippen LogP contribution in [-0.4, -0.2) is 27.5 Å². The van der Waals surface area contributed by atoms with Gasteiger partial charge in [0.15, 0.2) is 0 Å². The van der Waals surface area contributed by atoms with Crippen LogP contribution in [0.1, 0.15) is 25.7 Å². The van der Waals surface area contributed by atoms with Crippen LogP contribution in [0.3, 0.4) is 0 Å². The third-order valence-corrected chi connectivity index (χ3v) is 3.15. The molecular formula is C8H14O3S. The van der Waals surface area contributed by atoms with E-state index in [1.165, 1.54) is 0 Å². The van der Waals surface area contributed by atoms with Gasteiger partial charge in [-0.3, -0.25) is 4.79 Å². The first-order valence-electron chi connectivity index (χ1n) is 4.13. The molecule has 1 saturated carbocycles. The van der Waals surface area contributed by atoms with Crippen LogP contribution in [0, 0.1) is 5.92 Å². The number of carboxylic acid groups (broad SMARTS) is 1. The molecule has 0 aromatic heterocycles. The van der Waals surface area contributed by atoms with Crippen molar-refractivity contribution in [1.82, 2.24) is 0 Å². The van der Waals surface area contributed by atoms with E-state index in [-0.39, 0.29) is 5.92 Å². The molecule has 0 amide bonds. The maximum absolute atomic E-state index is 10.6. The van der Waals surface area contributed by atoms with Gasteiger partial charge < -0.3 is 10.2 Å². The summed E-state index contributed by atoms with van der Waals surface area (Å²) in [6, 6.07) is 0. The van der Waals surface area contributed by atoms with Crippen molar-refractivity contribution in [3.05, 3.63) is 0 Å². The van der Waals surface area contributed by atoms with Crippen LogP contribution >= 0.6 is 12.6 Å². The van der Waals surface area contributed by atoms with Crippen LogP contribution in [-0.2, 0) is 4.79 Å². The van der Waals surface area contributed by atoms with Gasteiger partial charge in [-0.25, -0.2) is 0 Å². The van der Waals surface area contributed by atoms with Crippen LogP contribution in [0.25, 0.3) is 0 Å². The second kappa shape index (κ2) is 3.66. The fourth-order valence-electron chi connectivity index (χ4n) is 1.56. The van der Waals surface area contributed by atoms with E-state index >= 15 is 0 Å². The van der Waals surface area contributed by atoms with Gasteiger partial charge in [-0.15, -0.1) is 0 Å². The molecule has 0 bridgehead atoms. The lowest BCUT2D eigenvalue weighted by atomic mass is 9.80. The first kappa shape index (κ1) is 9.86. The van der Waals surface area contributed by atoms with E-state index in [1.54, 1.807) is 0 Å². The number of rotatable bonds is 2. The van der Waals surface area contributed by atoms with Crippen molar-refractivity contribution >= 4 is 18.6 Å². The summed E-state index contributed by atoms with van der Waals surface area (Å²) in [6.07, 6.45) is 2.28. The highest BCUT2D eigenvalue weighted by Gasteiger charge is 2.34. The summed E-state index contributed by atoms with van der Waals surface area (Å²) in [5.74, 6) is -0.569. The molecule has 1 rings (SSSR count). The van der Waals surface area contributed by atoms with Crippen molar-refractivity contribution in [1.29, 1.82) is 0 Å². The van der Waals surface area contributed by atoms with Gasteiger partial charge in [0.25, 0.3) is 0 Å². The SMILES string of the molecule is O=C(O)C1CCC(O)(CS)CC1. The number of thiol groups is 1. The Hall–Kier alpha value is -0.220. The normalized spacial score (nSPS) is 36.3. The first-order valence-corrected chi connectivity index (χ1v) is 4.77. The minimum atomic E-state index is -0.740. The molecule has 0 aromatic carbocycles. The van der Waals surface area contributed by atoms with Crippen molar-refractivity contribution in [2.45, 2.75) is 31.3 Å². The van der Waals surface area contributed by atoms with E-state index < -0.39 is 11.6 Å². The Bertz CT molecular complexity index is 173. The van der Waals surface area contributed by atoms with Crippen molar-refractivity contribution in [3.8, 4) is 0 Å². The van der Waals surface area contributed by atoms with Gasteiger partial charge in [0.1, 0.15) is 0 Å². The minimum Gasteiger partial charge on any atom is -0.481 e. The first-order chi connectivity index (χ1) is 5.57. The molecule has 2 N–H and O–H groups in total. The highest BCUT2D eigenvalue weighted by atomic mass is 32.1. The molecule has 0 spiro atoms. The van der Waals surface area contributed by atoms with Gasteiger partial charge in [0.05, 0.1) is 11.5 Å². The van der Waals surface area contributed by atoms with Crippen molar-refractivity contribution in [2.75, 3.05) is 5.75 Å². The Morgan fingerprint density at radius 3 is 2.33 bits per heavy atom. The van der Waals surface area contributed by atoms with E-state index in [9.17, 15) is 9.90 Å². The Labute approximate surface area is 77.2 Å². The molecular weight excluding hydrogens is 176 g/mol. The van der Waals surface area contributed by atoms with E-state index in [0.29, 0.717) is 31.4 Å². The number of aliphatic hydroxyl groups is 1. The summed E-state index contributed by atoms with van der Waals surface area (Å²) in [4.78, 5) is 10.6. The third kappa shape index (κ3) is 2.14. The molecule has 0 radical (unpaired) electrons. The minimum absolute atomic E-state index is 0.259. The molecule has 0 aromatic rings. The molecule has 1 fully saturated rings. The highest BCUT2D eigenvalue weighted by Crippen LogP contribution is 2.32. The predicted octanol–water partition coefficient (Wildman–Crippen LogP) is 0.922. The fourth-order valence-corrected chi connectivity index (χ4v) is 1.88. The van der Waals surface area contributed by atoms with Gasteiger partial charge in [0.2, 0.25) is 0 Å². The Morgan fingerprint density at radius 1 is 1.50 bits per heavy atom. The van der Waals surface area contributed by atoms with E-state index in [0.717, 1.165) is 0 Å². The van der Waals surface area contributed by atoms with Gasteiger partial charge >= 0.3 is 5.97 Å². The zero-order chi connectivity index (χ0) is 9.19. The third-order valence-electron chi connectivity index (χ3n) is 2.56. The molecule has 0 heterocycles. The van der Waals surface area contributed by atoms with E-state index in [1.807, 2.05) is 0 Å². The summed E-state index contributed by atoms with van der Waals surface area (Å²) in [5.41, 5.74) is -0.713.